The van der Waals surface area contributed by atoms with Gasteiger partial charge in [0.1, 0.15) is 0 Å². The quantitative estimate of drug-likeness (QED) is 0.654. The van der Waals surface area contributed by atoms with Crippen LogP contribution >= 0.6 is 11.6 Å². The molecule has 16 heavy (non-hydrogen) atoms. The summed E-state index contributed by atoms with van der Waals surface area (Å²) in [5.74, 6) is 0.834. The van der Waals surface area contributed by atoms with Crippen molar-refractivity contribution < 1.29 is 0 Å². The van der Waals surface area contributed by atoms with Gasteiger partial charge in [0.25, 0.3) is 0 Å². The van der Waals surface area contributed by atoms with Gasteiger partial charge in [-0.05, 0) is 63.0 Å². The zero-order valence-corrected chi connectivity index (χ0v) is 11.1. The van der Waals surface area contributed by atoms with Crippen LogP contribution in [-0.2, 0) is 6.42 Å². The van der Waals surface area contributed by atoms with Crippen LogP contribution in [-0.4, -0.2) is 5.38 Å². The SMILES string of the molecule is Cc1ccc(C)c(CCCC(Cl)C2CC2)c1. The average molecular weight is 237 g/mol. The van der Waals surface area contributed by atoms with Gasteiger partial charge in [0.2, 0.25) is 0 Å². The van der Waals surface area contributed by atoms with E-state index in [0.717, 1.165) is 5.92 Å². The number of halogens is 1. The van der Waals surface area contributed by atoms with E-state index in [0.29, 0.717) is 5.38 Å². The van der Waals surface area contributed by atoms with Crippen LogP contribution in [0.3, 0.4) is 0 Å². The molecule has 1 aromatic carbocycles. The molecule has 0 saturated heterocycles. The molecule has 1 heteroatoms. The van der Waals surface area contributed by atoms with Gasteiger partial charge in [0.05, 0.1) is 0 Å². The highest BCUT2D eigenvalue weighted by atomic mass is 35.5. The van der Waals surface area contributed by atoms with Crippen LogP contribution in [0.1, 0.15) is 42.4 Å². The van der Waals surface area contributed by atoms with Crippen molar-refractivity contribution in [2.45, 2.75) is 51.3 Å². The van der Waals surface area contributed by atoms with Gasteiger partial charge in [-0.3, -0.25) is 0 Å². The molecule has 1 unspecified atom stereocenters. The zero-order chi connectivity index (χ0) is 11.5. The van der Waals surface area contributed by atoms with Crippen molar-refractivity contribution in [3.8, 4) is 0 Å². The molecule has 1 aromatic rings. The molecule has 1 aliphatic carbocycles. The third-order valence-corrected chi connectivity index (χ3v) is 4.14. The van der Waals surface area contributed by atoms with E-state index in [2.05, 4.69) is 32.0 Å². The molecule has 0 amide bonds. The summed E-state index contributed by atoms with van der Waals surface area (Å²) in [4.78, 5) is 0. The van der Waals surface area contributed by atoms with Gasteiger partial charge in [-0.1, -0.05) is 23.8 Å². The molecule has 1 saturated carbocycles. The first-order valence-electron chi connectivity index (χ1n) is 6.37. The lowest BCUT2D eigenvalue weighted by Gasteiger charge is -2.09. The van der Waals surface area contributed by atoms with Crippen LogP contribution in [0.2, 0.25) is 0 Å². The fraction of sp³-hybridized carbons (Fsp3) is 0.600. The molecule has 0 aromatic heterocycles. The van der Waals surface area contributed by atoms with E-state index in [1.54, 1.807) is 0 Å². The van der Waals surface area contributed by atoms with Crippen molar-refractivity contribution in [2.24, 2.45) is 5.92 Å². The lowest BCUT2D eigenvalue weighted by molar-refractivity contribution is 0.636. The zero-order valence-electron chi connectivity index (χ0n) is 10.3. The van der Waals surface area contributed by atoms with E-state index in [-0.39, 0.29) is 0 Å². The van der Waals surface area contributed by atoms with Crippen molar-refractivity contribution in [1.82, 2.24) is 0 Å². The van der Waals surface area contributed by atoms with Gasteiger partial charge in [-0.2, -0.15) is 0 Å². The number of benzene rings is 1. The predicted octanol–water partition coefficient (Wildman–Crippen LogP) is 4.64. The van der Waals surface area contributed by atoms with Crippen LogP contribution in [0.5, 0.6) is 0 Å². The van der Waals surface area contributed by atoms with Gasteiger partial charge >= 0.3 is 0 Å². The summed E-state index contributed by atoms with van der Waals surface area (Å²) >= 11 is 6.32. The largest absolute Gasteiger partial charge is 0.123 e. The second-order valence-electron chi connectivity index (χ2n) is 5.18. The molecule has 0 heterocycles. The van der Waals surface area contributed by atoms with Crippen LogP contribution < -0.4 is 0 Å². The average Bonchev–Trinajstić information content (AvgIpc) is 3.06. The molecule has 1 atom stereocenters. The summed E-state index contributed by atoms with van der Waals surface area (Å²) in [7, 11) is 0. The lowest BCUT2D eigenvalue weighted by Crippen LogP contribution is -2.02. The Balaban J connectivity index is 1.81. The van der Waals surface area contributed by atoms with E-state index in [4.69, 9.17) is 11.6 Å². The molecule has 0 nitrogen and oxygen atoms in total. The Morgan fingerprint density at radius 2 is 2.06 bits per heavy atom. The maximum atomic E-state index is 6.32. The van der Waals surface area contributed by atoms with Crippen LogP contribution in [0.4, 0.5) is 0 Å². The number of alkyl halides is 1. The minimum absolute atomic E-state index is 0.435. The summed E-state index contributed by atoms with van der Waals surface area (Å²) in [6.07, 6.45) is 6.31. The fourth-order valence-electron chi connectivity index (χ4n) is 2.25. The monoisotopic (exact) mass is 236 g/mol. The highest BCUT2D eigenvalue weighted by Gasteiger charge is 2.28. The van der Waals surface area contributed by atoms with Crippen LogP contribution in [0.25, 0.3) is 0 Å². The predicted molar refractivity (Wildman–Crippen MR) is 71.2 cm³/mol. The molecular weight excluding hydrogens is 216 g/mol. The van der Waals surface area contributed by atoms with E-state index >= 15 is 0 Å². The van der Waals surface area contributed by atoms with Crippen molar-refractivity contribution in [3.63, 3.8) is 0 Å². The summed E-state index contributed by atoms with van der Waals surface area (Å²) < 4.78 is 0. The molecule has 1 aliphatic rings. The lowest BCUT2D eigenvalue weighted by atomic mass is 9.99. The van der Waals surface area contributed by atoms with Gasteiger partial charge in [0, 0.05) is 5.38 Å². The maximum Gasteiger partial charge on any atom is 0.0364 e. The molecule has 88 valence electrons. The first kappa shape index (κ1) is 12.0. The standard InChI is InChI=1S/C15H21Cl/c1-11-6-7-12(2)14(10-11)4-3-5-15(16)13-8-9-13/h6-7,10,13,15H,3-5,8-9H2,1-2H3. The fourth-order valence-corrected chi connectivity index (χ4v) is 2.66. The molecule has 0 spiro atoms. The van der Waals surface area contributed by atoms with E-state index in [1.165, 1.54) is 48.8 Å². The Bertz CT molecular complexity index is 352. The number of hydrogen-bond donors (Lipinski definition) is 0. The van der Waals surface area contributed by atoms with Crippen molar-refractivity contribution in [1.29, 1.82) is 0 Å². The van der Waals surface area contributed by atoms with Gasteiger partial charge < -0.3 is 0 Å². The minimum atomic E-state index is 0.435. The topological polar surface area (TPSA) is 0 Å². The molecule has 1 fully saturated rings. The van der Waals surface area contributed by atoms with Crippen molar-refractivity contribution in [2.75, 3.05) is 0 Å². The third kappa shape index (κ3) is 3.25. The third-order valence-electron chi connectivity index (χ3n) is 3.56. The van der Waals surface area contributed by atoms with E-state index in [9.17, 15) is 0 Å². The number of aryl methyl sites for hydroxylation is 3. The van der Waals surface area contributed by atoms with Gasteiger partial charge in [-0.15, -0.1) is 11.6 Å². The van der Waals surface area contributed by atoms with E-state index in [1.807, 2.05) is 0 Å². The number of rotatable bonds is 5. The van der Waals surface area contributed by atoms with E-state index < -0.39 is 0 Å². The normalized spacial score (nSPS) is 17.4. The molecule has 0 aliphatic heterocycles. The second kappa shape index (κ2) is 5.23. The summed E-state index contributed by atoms with van der Waals surface area (Å²) in [5, 5.41) is 0.435. The first-order valence-corrected chi connectivity index (χ1v) is 6.80. The highest BCUT2D eigenvalue weighted by Crippen LogP contribution is 2.37. The summed E-state index contributed by atoms with van der Waals surface area (Å²) in [6.45, 7) is 4.37. The molecule has 0 bridgehead atoms. The first-order chi connectivity index (χ1) is 7.66. The molecule has 0 N–H and O–H groups in total. The Morgan fingerprint density at radius 3 is 2.75 bits per heavy atom. The minimum Gasteiger partial charge on any atom is -0.123 e. The summed E-state index contributed by atoms with van der Waals surface area (Å²) in [6, 6.07) is 6.73. The van der Waals surface area contributed by atoms with Crippen molar-refractivity contribution >= 4 is 11.6 Å². The van der Waals surface area contributed by atoms with Crippen LogP contribution in [0, 0.1) is 19.8 Å². The van der Waals surface area contributed by atoms with Gasteiger partial charge in [-0.25, -0.2) is 0 Å². The Hall–Kier alpha value is -0.490. The second-order valence-corrected chi connectivity index (χ2v) is 5.74. The highest BCUT2D eigenvalue weighted by molar-refractivity contribution is 6.20. The van der Waals surface area contributed by atoms with Crippen molar-refractivity contribution in [3.05, 3.63) is 34.9 Å². The smallest absolute Gasteiger partial charge is 0.0364 e. The Morgan fingerprint density at radius 1 is 1.31 bits per heavy atom. The Kier molecular flexibility index (Phi) is 3.91. The summed E-state index contributed by atoms with van der Waals surface area (Å²) in [5.41, 5.74) is 4.29. The molecular formula is C15H21Cl. The maximum absolute atomic E-state index is 6.32. The van der Waals surface area contributed by atoms with Gasteiger partial charge in [0.15, 0.2) is 0 Å². The van der Waals surface area contributed by atoms with Crippen LogP contribution in [0.15, 0.2) is 18.2 Å². The molecule has 0 radical (unpaired) electrons. The molecule has 2 rings (SSSR count). The number of hydrogen-bond acceptors (Lipinski definition) is 0. The Labute approximate surface area is 104 Å².